The van der Waals surface area contributed by atoms with Crippen LogP contribution in [0.15, 0.2) is 16.0 Å². The van der Waals surface area contributed by atoms with Crippen LogP contribution in [0.4, 0.5) is 5.82 Å². The van der Waals surface area contributed by atoms with E-state index in [-0.39, 0.29) is 0 Å². The van der Waals surface area contributed by atoms with Gasteiger partial charge in [0.25, 0.3) is 0 Å². The molecule has 0 bridgehead atoms. The van der Waals surface area contributed by atoms with E-state index in [9.17, 15) is 0 Å². The molecule has 18 heavy (non-hydrogen) atoms. The Hall–Kier alpha value is -1.01. The molecule has 2 aromatic heterocycles. The number of nitrogens with zero attached hydrogens (tertiary/aromatic N) is 3. The van der Waals surface area contributed by atoms with E-state index in [0.717, 1.165) is 46.3 Å². The summed E-state index contributed by atoms with van der Waals surface area (Å²) in [6.07, 6.45) is 1.74. The molecule has 0 saturated heterocycles. The lowest BCUT2D eigenvalue weighted by molar-refractivity contribution is 0.908. The second-order valence-electron chi connectivity index (χ2n) is 3.88. The maximum atomic E-state index is 4.43. The van der Waals surface area contributed by atoms with Crippen molar-refractivity contribution < 1.29 is 0 Å². The van der Waals surface area contributed by atoms with Crippen LogP contribution in [0.2, 0.25) is 0 Å². The van der Waals surface area contributed by atoms with Gasteiger partial charge in [0.1, 0.15) is 16.2 Å². The Kier molecular flexibility index (Phi) is 4.66. The van der Waals surface area contributed by atoms with E-state index in [1.165, 1.54) is 0 Å². The van der Waals surface area contributed by atoms with Gasteiger partial charge in [0, 0.05) is 30.8 Å². The fraction of sp³-hybridized carbons (Fsp3) is 0.417. The van der Waals surface area contributed by atoms with E-state index in [2.05, 4.69) is 41.6 Å². The molecule has 0 amide bonds. The Bertz CT molecular complexity index is 527. The molecule has 0 aromatic carbocycles. The van der Waals surface area contributed by atoms with E-state index in [0.29, 0.717) is 0 Å². The van der Waals surface area contributed by atoms with Crippen molar-refractivity contribution in [2.45, 2.75) is 26.7 Å². The highest BCUT2D eigenvalue weighted by Crippen LogP contribution is 2.13. The molecule has 0 spiro atoms. The summed E-state index contributed by atoms with van der Waals surface area (Å²) in [7, 11) is 0. The van der Waals surface area contributed by atoms with Gasteiger partial charge in [0.2, 0.25) is 0 Å². The average Bonchev–Trinajstić information content (AvgIpc) is 2.74. The van der Waals surface area contributed by atoms with Gasteiger partial charge in [-0.15, -0.1) is 11.3 Å². The van der Waals surface area contributed by atoms with Gasteiger partial charge in [-0.05, 0) is 22.9 Å². The van der Waals surface area contributed by atoms with Gasteiger partial charge in [-0.25, -0.2) is 15.0 Å². The minimum Gasteiger partial charge on any atom is -0.370 e. The van der Waals surface area contributed by atoms with Crippen LogP contribution in [-0.4, -0.2) is 21.5 Å². The molecule has 0 radical (unpaired) electrons. The van der Waals surface area contributed by atoms with Crippen molar-refractivity contribution in [2.75, 3.05) is 11.9 Å². The summed E-state index contributed by atoms with van der Waals surface area (Å²) in [5, 5.41) is 6.52. The number of anilines is 1. The number of thiazole rings is 1. The van der Waals surface area contributed by atoms with Crippen LogP contribution in [0, 0.1) is 6.92 Å². The highest BCUT2D eigenvalue weighted by Gasteiger charge is 2.02. The third-order valence-electron chi connectivity index (χ3n) is 2.41. The molecule has 0 atom stereocenters. The zero-order chi connectivity index (χ0) is 13.0. The third-order valence-corrected chi connectivity index (χ3v) is 3.64. The highest BCUT2D eigenvalue weighted by atomic mass is 79.9. The molecule has 0 aliphatic carbocycles. The lowest BCUT2D eigenvalue weighted by Gasteiger charge is -2.06. The summed E-state index contributed by atoms with van der Waals surface area (Å²) in [5.74, 6) is 1.71. The van der Waals surface area contributed by atoms with Crippen molar-refractivity contribution in [3.8, 4) is 0 Å². The second-order valence-corrected chi connectivity index (χ2v) is 5.76. The van der Waals surface area contributed by atoms with Gasteiger partial charge in [0.15, 0.2) is 0 Å². The van der Waals surface area contributed by atoms with Gasteiger partial charge >= 0.3 is 0 Å². The minimum atomic E-state index is 0.821. The molecule has 0 fully saturated rings. The van der Waals surface area contributed by atoms with Crippen LogP contribution in [-0.2, 0) is 12.8 Å². The first-order valence-corrected chi connectivity index (χ1v) is 7.53. The molecule has 0 unspecified atom stereocenters. The molecule has 1 N–H and O–H groups in total. The molecular formula is C12H15BrN4S. The summed E-state index contributed by atoms with van der Waals surface area (Å²) in [6, 6.07) is 1.89. The maximum Gasteiger partial charge on any atom is 0.131 e. The number of rotatable bonds is 5. The minimum absolute atomic E-state index is 0.821. The Morgan fingerprint density at radius 2 is 2.17 bits per heavy atom. The van der Waals surface area contributed by atoms with Crippen molar-refractivity contribution in [3.05, 3.63) is 32.6 Å². The Balaban J connectivity index is 1.91. The highest BCUT2D eigenvalue weighted by molar-refractivity contribution is 9.10. The van der Waals surface area contributed by atoms with Crippen LogP contribution < -0.4 is 5.32 Å². The average molecular weight is 327 g/mol. The fourth-order valence-corrected chi connectivity index (χ4v) is 2.62. The summed E-state index contributed by atoms with van der Waals surface area (Å²) in [5.41, 5.74) is 1.13. The standard InChI is InChI=1S/C12H15BrN4S/c1-3-11-16-10(13)6-12(17-11)14-5-4-9-7-18-8(2)15-9/h6-7H,3-5H2,1-2H3,(H,14,16,17). The Morgan fingerprint density at radius 3 is 2.83 bits per heavy atom. The molecule has 96 valence electrons. The lowest BCUT2D eigenvalue weighted by atomic mass is 10.3. The van der Waals surface area contributed by atoms with Gasteiger partial charge in [0.05, 0.1) is 10.7 Å². The Labute approximate surface area is 119 Å². The van der Waals surface area contributed by atoms with Crippen molar-refractivity contribution in [2.24, 2.45) is 0 Å². The summed E-state index contributed by atoms with van der Waals surface area (Å²) in [4.78, 5) is 13.1. The molecule has 0 aliphatic heterocycles. The van der Waals surface area contributed by atoms with Crippen LogP contribution in [0.25, 0.3) is 0 Å². The van der Waals surface area contributed by atoms with E-state index in [1.54, 1.807) is 11.3 Å². The molecule has 2 rings (SSSR count). The summed E-state index contributed by atoms with van der Waals surface area (Å²) in [6.45, 7) is 4.90. The number of aryl methyl sites for hydroxylation is 2. The van der Waals surface area contributed by atoms with Crippen LogP contribution in [0.5, 0.6) is 0 Å². The van der Waals surface area contributed by atoms with Crippen LogP contribution in [0.3, 0.4) is 0 Å². The lowest BCUT2D eigenvalue weighted by Crippen LogP contribution is -2.08. The number of halogens is 1. The van der Waals surface area contributed by atoms with Crippen LogP contribution >= 0.6 is 27.3 Å². The fourth-order valence-electron chi connectivity index (χ4n) is 1.56. The SMILES string of the molecule is CCc1nc(Br)cc(NCCc2csc(C)n2)n1. The van der Waals surface area contributed by atoms with E-state index >= 15 is 0 Å². The predicted octanol–water partition coefficient (Wildman–Crippen LogP) is 3.22. The van der Waals surface area contributed by atoms with Gasteiger partial charge < -0.3 is 5.32 Å². The van der Waals surface area contributed by atoms with Gasteiger partial charge in [-0.2, -0.15) is 0 Å². The zero-order valence-electron chi connectivity index (χ0n) is 10.4. The molecule has 6 heteroatoms. The molecular weight excluding hydrogens is 312 g/mol. The first-order chi connectivity index (χ1) is 8.67. The zero-order valence-corrected chi connectivity index (χ0v) is 12.8. The summed E-state index contributed by atoms with van der Waals surface area (Å²) >= 11 is 5.08. The maximum absolute atomic E-state index is 4.43. The normalized spacial score (nSPS) is 10.6. The predicted molar refractivity (Wildman–Crippen MR) is 78.2 cm³/mol. The molecule has 2 aromatic rings. The second kappa shape index (κ2) is 6.24. The number of hydrogen-bond acceptors (Lipinski definition) is 5. The largest absolute Gasteiger partial charge is 0.370 e. The molecule has 0 saturated carbocycles. The topological polar surface area (TPSA) is 50.7 Å². The van der Waals surface area contributed by atoms with E-state index in [4.69, 9.17) is 0 Å². The van der Waals surface area contributed by atoms with Crippen molar-refractivity contribution in [1.29, 1.82) is 0 Å². The Morgan fingerprint density at radius 1 is 1.33 bits per heavy atom. The van der Waals surface area contributed by atoms with E-state index < -0.39 is 0 Å². The quantitative estimate of drug-likeness (QED) is 0.857. The molecule has 4 nitrogen and oxygen atoms in total. The monoisotopic (exact) mass is 326 g/mol. The van der Waals surface area contributed by atoms with Crippen molar-refractivity contribution >= 4 is 33.1 Å². The number of aromatic nitrogens is 3. The smallest absolute Gasteiger partial charge is 0.131 e. The molecule has 0 aliphatic rings. The number of nitrogens with one attached hydrogen (secondary N) is 1. The number of hydrogen-bond donors (Lipinski definition) is 1. The van der Waals surface area contributed by atoms with Crippen molar-refractivity contribution in [1.82, 2.24) is 15.0 Å². The first kappa shape index (κ1) is 13.4. The van der Waals surface area contributed by atoms with Crippen LogP contribution in [0.1, 0.15) is 23.4 Å². The van der Waals surface area contributed by atoms with E-state index in [1.807, 2.05) is 19.9 Å². The third kappa shape index (κ3) is 3.74. The van der Waals surface area contributed by atoms with Crippen molar-refractivity contribution in [3.63, 3.8) is 0 Å². The van der Waals surface area contributed by atoms with Gasteiger partial charge in [-0.1, -0.05) is 6.92 Å². The van der Waals surface area contributed by atoms with Gasteiger partial charge in [-0.3, -0.25) is 0 Å². The summed E-state index contributed by atoms with van der Waals surface area (Å²) < 4.78 is 0.821. The molecule has 2 heterocycles. The first-order valence-electron chi connectivity index (χ1n) is 5.85.